The summed E-state index contributed by atoms with van der Waals surface area (Å²) in [5.41, 5.74) is 0.697. The van der Waals surface area contributed by atoms with Gasteiger partial charge in [-0.3, -0.25) is 0 Å². The highest BCUT2D eigenvalue weighted by Gasteiger charge is 2.24. The molecule has 30 heavy (non-hydrogen) atoms. The second kappa shape index (κ2) is 10.8. The first-order valence-corrected chi connectivity index (χ1v) is 10.8. The van der Waals surface area contributed by atoms with Crippen molar-refractivity contribution in [1.29, 1.82) is 0 Å². The van der Waals surface area contributed by atoms with Gasteiger partial charge in [0.05, 0.1) is 0 Å². The normalized spacial score (nSPS) is 15.0. The molecule has 0 saturated carbocycles. The molecular weight excluding hydrogens is 380 g/mol. The van der Waals surface area contributed by atoms with E-state index in [-0.39, 0.29) is 29.7 Å². The number of β-amino-alcohol motifs (C(OH)–C–C–N with tert-alkyl or cyclic N) is 2. The van der Waals surface area contributed by atoms with Crippen LogP contribution >= 0.6 is 0 Å². The smallest absolute Gasteiger partial charge is 0.165 e. The molecule has 0 heterocycles. The van der Waals surface area contributed by atoms with Gasteiger partial charge >= 0.3 is 0 Å². The van der Waals surface area contributed by atoms with E-state index in [1.807, 2.05) is 18.2 Å². The fraction of sp³-hybridized carbons (Fsp3) is 0.750. The van der Waals surface area contributed by atoms with Crippen LogP contribution in [0.5, 0.6) is 11.5 Å². The van der Waals surface area contributed by atoms with Crippen LogP contribution in [-0.4, -0.2) is 59.8 Å². The number of hydrogen-bond acceptors (Lipinski definition) is 6. The average Bonchev–Trinajstić information content (AvgIpc) is 2.59. The lowest BCUT2D eigenvalue weighted by Crippen LogP contribution is -2.42. The maximum Gasteiger partial charge on any atom is 0.165 e. The van der Waals surface area contributed by atoms with Gasteiger partial charge in [0, 0.05) is 29.7 Å². The van der Waals surface area contributed by atoms with Crippen LogP contribution < -0.4 is 20.1 Å². The van der Waals surface area contributed by atoms with Gasteiger partial charge in [-0.1, -0.05) is 32.9 Å². The van der Waals surface area contributed by atoms with Crippen molar-refractivity contribution >= 4 is 0 Å². The second-order valence-corrected chi connectivity index (χ2v) is 11.1. The molecule has 0 aliphatic rings. The van der Waals surface area contributed by atoms with Crippen LogP contribution in [0.15, 0.2) is 18.2 Å². The summed E-state index contributed by atoms with van der Waals surface area (Å²) < 4.78 is 12.0. The molecule has 1 aromatic carbocycles. The number of para-hydroxylation sites is 1. The molecule has 0 spiro atoms. The van der Waals surface area contributed by atoms with Gasteiger partial charge in [-0.25, -0.2) is 0 Å². The van der Waals surface area contributed by atoms with Crippen LogP contribution in [0, 0.1) is 0 Å². The van der Waals surface area contributed by atoms with E-state index in [1.165, 1.54) is 0 Å². The summed E-state index contributed by atoms with van der Waals surface area (Å²) in [5, 5.41) is 27.2. The molecule has 2 unspecified atom stereocenters. The van der Waals surface area contributed by atoms with Crippen molar-refractivity contribution in [3.8, 4) is 11.5 Å². The minimum atomic E-state index is -0.647. The highest BCUT2D eigenvalue weighted by molar-refractivity contribution is 5.49. The zero-order valence-electron chi connectivity index (χ0n) is 20.4. The Bertz CT molecular complexity index is 642. The van der Waals surface area contributed by atoms with E-state index in [9.17, 15) is 10.2 Å². The topological polar surface area (TPSA) is 83.0 Å². The molecule has 0 radical (unpaired) electrons. The van der Waals surface area contributed by atoms with Crippen molar-refractivity contribution < 1.29 is 19.7 Å². The average molecular weight is 425 g/mol. The van der Waals surface area contributed by atoms with Gasteiger partial charge in [0.15, 0.2) is 11.5 Å². The molecular formula is C24H44N2O4. The molecule has 1 aromatic rings. The van der Waals surface area contributed by atoms with Gasteiger partial charge in [0.1, 0.15) is 25.4 Å². The summed E-state index contributed by atoms with van der Waals surface area (Å²) in [4.78, 5) is 0. The van der Waals surface area contributed by atoms with Gasteiger partial charge in [-0.15, -0.1) is 0 Å². The third-order valence-corrected chi connectivity index (χ3v) is 4.37. The molecule has 0 amide bonds. The standard InChI is InChI=1S/C24H44N2O4/c1-22(2,3)19-11-10-12-20(29-15-17(27)13-25-23(4,5)6)21(19)30-16-18(28)14-26-24(7,8)9/h10-12,17-18,25-28H,13-16H2,1-9H3. The summed E-state index contributed by atoms with van der Waals surface area (Å²) >= 11 is 0. The van der Waals surface area contributed by atoms with E-state index in [2.05, 4.69) is 72.9 Å². The van der Waals surface area contributed by atoms with Gasteiger partial charge in [-0.2, -0.15) is 0 Å². The van der Waals surface area contributed by atoms with Crippen LogP contribution in [-0.2, 0) is 5.41 Å². The number of aliphatic hydroxyl groups excluding tert-OH is 2. The number of aliphatic hydroxyl groups is 2. The Kier molecular flexibility index (Phi) is 9.61. The predicted molar refractivity (Wildman–Crippen MR) is 124 cm³/mol. The largest absolute Gasteiger partial charge is 0.487 e. The van der Waals surface area contributed by atoms with Crippen molar-refractivity contribution in [2.24, 2.45) is 0 Å². The van der Waals surface area contributed by atoms with E-state index < -0.39 is 12.2 Å². The van der Waals surface area contributed by atoms with E-state index in [4.69, 9.17) is 9.47 Å². The molecule has 0 saturated heterocycles. The Morgan fingerprint density at radius 3 is 1.67 bits per heavy atom. The van der Waals surface area contributed by atoms with Gasteiger partial charge in [0.2, 0.25) is 0 Å². The van der Waals surface area contributed by atoms with Crippen LogP contribution in [0.2, 0.25) is 0 Å². The minimum absolute atomic E-state index is 0.0708. The quantitative estimate of drug-likeness (QED) is 0.462. The highest BCUT2D eigenvalue weighted by atomic mass is 16.5. The molecule has 174 valence electrons. The molecule has 6 heteroatoms. The summed E-state index contributed by atoms with van der Waals surface area (Å²) in [6.07, 6.45) is -1.29. The zero-order chi connectivity index (χ0) is 23.2. The molecule has 1 rings (SSSR count). The molecule has 2 atom stereocenters. The summed E-state index contributed by atoms with van der Waals surface area (Å²) in [6.45, 7) is 19.9. The first-order valence-electron chi connectivity index (χ1n) is 10.8. The third-order valence-electron chi connectivity index (χ3n) is 4.37. The molecule has 0 fully saturated rings. The van der Waals surface area contributed by atoms with Crippen molar-refractivity contribution in [2.75, 3.05) is 26.3 Å². The predicted octanol–water partition coefficient (Wildman–Crippen LogP) is 3.24. The lowest BCUT2D eigenvalue weighted by atomic mass is 9.86. The van der Waals surface area contributed by atoms with Crippen LogP contribution in [0.4, 0.5) is 0 Å². The molecule has 0 bridgehead atoms. The van der Waals surface area contributed by atoms with E-state index in [0.29, 0.717) is 24.6 Å². The lowest BCUT2D eigenvalue weighted by Gasteiger charge is -2.27. The number of hydrogen-bond donors (Lipinski definition) is 4. The van der Waals surface area contributed by atoms with Crippen molar-refractivity contribution in [3.05, 3.63) is 23.8 Å². The van der Waals surface area contributed by atoms with Crippen molar-refractivity contribution in [1.82, 2.24) is 10.6 Å². The summed E-state index contributed by atoms with van der Waals surface area (Å²) in [7, 11) is 0. The number of ether oxygens (including phenoxy) is 2. The van der Waals surface area contributed by atoms with Gasteiger partial charge < -0.3 is 30.3 Å². The molecule has 0 aliphatic heterocycles. The monoisotopic (exact) mass is 424 g/mol. The summed E-state index contributed by atoms with van der Waals surface area (Å²) in [6, 6.07) is 5.79. The van der Waals surface area contributed by atoms with E-state index in [1.54, 1.807) is 0 Å². The third kappa shape index (κ3) is 10.6. The number of rotatable bonds is 10. The molecule has 0 aliphatic carbocycles. The van der Waals surface area contributed by atoms with Crippen LogP contribution in [0.1, 0.15) is 67.9 Å². The second-order valence-electron chi connectivity index (χ2n) is 11.1. The number of benzene rings is 1. The maximum atomic E-state index is 10.3. The fourth-order valence-electron chi connectivity index (χ4n) is 2.70. The fourth-order valence-corrected chi connectivity index (χ4v) is 2.70. The first-order chi connectivity index (χ1) is 13.6. The van der Waals surface area contributed by atoms with Crippen LogP contribution in [0.3, 0.4) is 0 Å². The zero-order valence-corrected chi connectivity index (χ0v) is 20.4. The Morgan fingerprint density at radius 2 is 1.23 bits per heavy atom. The highest BCUT2D eigenvalue weighted by Crippen LogP contribution is 2.38. The van der Waals surface area contributed by atoms with Crippen molar-refractivity contribution in [3.63, 3.8) is 0 Å². The first kappa shape index (κ1) is 26.7. The maximum absolute atomic E-state index is 10.3. The van der Waals surface area contributed by atoms with Crippen molar-refractivity contribution in [2.45, 2.75) is 91.0 Å². The van der Waals surface area contributed by atoms with Crippen LogP contribution in [0.25, 0.3) is 0 Å². The van der Waals surface area contributed by atoms with E-state index in [0.717, 1.165) is 5.56 Å². The van der Waals surface area contributed by atoms with Gasteiger partial charge in [-0.05, 0) is 53.0 Å². The lowest BCUT2D eigenvalue weighted by molar-refractivity contribution is 0.0862. The Morgan fingerprint density at radius 1 is 0.767 bits per heavy atom. The molecule has 6 nitrogen and oxygen atoms in total. The van der Waals surface area contributed by atoms with Gasteiger partial charge in [0.25, 0.3) is 0 Å². The molecule has 4 N–H and O–H groups in total. The molecule has 0 aromatic heterocycles. The number of nitrogens with one attached hydrogen (secondary N) is 2. The Hall–Kier alpha value is -1.34. The minimum Gasteiger partial charge on any atom is -0.487 e. The SMILES string of the molecule is CC(C)(C)NCC(O)COc1cccc(C(C)(C)C)c1OCC(O)CNC(C)(C)C. The Labute approximate surface area is 183 Å². The summed E-state index contributed by atoms with van der Waals surface area (Å²) in [5.74, 6) is 1.20. The van der Waals surface area contributed by atoms with E-state index >= 15 is 0 Å². The Balaban J connectivity index is 2.86.